The lowest BCUT2D eigenvalue weighted by atomic mass is 10.2. The predicted molar refractivity (Wildman–Crippen MR) is 47.2 cm³/mol. The molecule has 2 N–H and O–H groups in total. The molecule has 0 atom stereocenters. The lowest BCUT2D eigenvalue weighted by Crippen LogP contribution is -1.91. The normalized spacial score (nSPS) is 10.4. The average Bonchev–Trinajstić information content (AvgIpc) is 2.52. The highest BCUT2D eigenvalue weighted by atomic mass is 16.5. The zero-order valence-corrected chi connectivity index (χ0v) is 6.70. The summed E-state index contributed by atoms with van der Waals surface area (Å²) in [5.41, 5.74) is 7.11. The van der Waals surface area contributed by atoms with Crippen molar-refractivity contribution in [3.05, 3.63) is 24.5 Å². The third kappa shape index (κ3) is 0.830. The lowest BCUT2D eigenvalue weighted by Gasteiger charge is -2.03. The molecule has 2 rings (SSSR count). The number of hydrogen-bond acceptors (Lipinski definition) is 3. The molecule has 3 nitrogen and oxygen atoms in total. The Hall–Kier alpha value is -1.64. The molecule has 12 heavy (non-hydrogen) atoms. The molecule has 0 saturated carbocycles. The van der Waals surface area contributed by atoms with Crippen LogP contribution in [-0.4, -0.2) is 7.11 Å². The molecule has 1 heterocycles. The van der Waals surface area contributed by atoms with Gasteiger partial charge in [-0.05, 0) is 18.2 Å². The van der Waals surface area contributed by atoms with Crippen LogP contribution in [0, 0.1) is 0 Å². The number of nitrogen functional groups attached to an aromatic ring is 1. The second-order valence-corrected chi connectivity index (χ2v) is 2.52. The summed E-state index contributed by atoms with van der Waals surface area (Å²) in [5, 5.41) is 0.914. The zero-order valence-electron chi connectivity index (χ0n) is 6.70. The topological polar surface area (TPSA) is 48.4 Å². The molecule has 0 spiro atoms. The zero-order chi connectivity index (χ0) is 8.55. The van der Waals surface area contributed by atoms with E-state index in [0.29, 0.717) is 11.4 Å². The predicted octanol–water partition coefficient (Wildman–Crippen LogP) is 2.02. The number of anilines is 1. The summed E-state index contributed by atoms with van der Waals surface area (Å²) in [6, 6.07) is 5.43. The molecule has 0 saturated heterocycles. The minimum atomic E-state index is 0.631. The quantitative estimate of drug-likeness (QED) is 0.654. The van der Waals surface area contributed by atoms with Gasteiger partial charge in [0, 0.05) is 0 Å². The number of furan rings is 1. The third-order valence-electron chi connectivity index (χ3n) is 1.82. The van der Waals surface area contributed by atoms with Crippen LogP contribution in [0.4, 0.5) is 5.69 Å². The van der Waals surface area contributed by atoms with Crippen molar-refractivity contribution in [1.29, 1.82) is 0 Å². The van der Waals surface area contributed by atoms with E-state index >= 15 is 0 Å². The van der Waals surface area contributed by atoms with Gasteiger partial charge in [-0.15, -0.1) is 0 Å². The van der Waals surface area contributed by atoms with Crippen LogP contribution in [-0.2, 0) is 0 Å². The van der Waals surface area contributed by atoms with Crippen molar-refractivity contribution in [3.8, 4) is 5.75 Å². The van der Waals surface area contributed by atoms with Crippen LogP contribution >= 0.6 is 0 Å². The van der Waals surface area contributed by atoms with Crippen molar-refractivity contribution in [1.82, 2.24) is 0 Å². The molecule has 2 aromatic rings. The highest BCUT2D eigenvalue weighted by Gasteiger charge is 2.06. The molecule has 1 aromatic heterocycles. The fourth-order valence-corrected chi connectivity index (χ4v) is 1.26. The van der Waals surface area contributed by atoms with E-state index in [1.54, 1.807) is 19.4 Å². The van der Waals surface area contributed by atoms with E-state index in [1.807, 2.05) is 12.1 Å². The van der Waals surface area contributed by atoms with Crippen molar-refractivity contribution in [2.24, 2.45) is 0 Å². The molecule has 0 unspecified atom stereocenters. The van der Waals surface area contributed by atoms with Gasteiger partial charge in [-0.25, -0.2) is 0 Å². The second-order valence-electron chi connectivity index (χ2n) is 2.52. The van der Waals surface area contributed by atoms with Gasteiger partial charge in [0.05, 0.1) is 24.4 Å². The number of rotatable bonds is 1. The van der Waals surface area contributed by atoms with Crippen molar-refractivity contribution in [2.45, 2.75) is 0 Å². The Morgan fingerprint density at radius 1 is 1.33 bits per heavy atom. The monoisotopic (exact) mass is 163 g/mol. The Balaban J connectivity index is 2.83. The maximum atomic E-state index is 5.69. The van der Waals surface area contributed by atoms with Gasteiger partial charge < -0.3 is 14.9 Å². The first-order valence-electron chi connectivity index (χ1n) is 3.62. The van der Waals surface area contributed by atoms with Crippen LogP contribution in [0.3, 0.4) is 0 Å². The maximum absolute atomic E-state index is 5.69. The van der Waals surface area contributed by atoms with E-state index in [2.05, 4.69) is 0 Å². The van der Waals surface area contributed by atoms with E-state index in [-0.39, 0.29) is 0 Å². The Kier molecular flexibility index (Phi) is 1.43. The van der Waals surface area contributed by atoms with Crippen LogP contribution in [0.1, 0.15) is 0 Å². The Morgan fingerprint density at radius 3 is 2.92 bits per heavy atom. The summed E-state index contributed by atoms with van der Waals surface area (Å²) in [6.07, 6.45) is 1.62. The molecule has 0 fully saturated rings. The summed E-state index contributed by atoms with van der Waals surface area (Å²) >= 11 is 0. The Bertz CT molecular complexity index is 406. The van der Waals surface area contributed by atoms with Gasteiger partial charge in [0.2, 0.25) is 0 Å². The van der Waals surface area contributed by atoms with Crippen LogP contribution in [0.5, 0.6) is 5.75 Å². The molecule has 62 valence electrons. The Morgan fingerprint density at radius 2 is 2.17 bits per heavy atom. The minimum absolute atomic E-state index is 0.631. The number of nitrogens with two attached hydrogens (primary N) is 1. The van der Waals surface area contributed by atoms with Crippen LogP contribution < -0.4 is 10.5 Å². The van der Waals surface area contributed by atoms with Gasteiger partial charge in [0.25, 0.3) is 0 Å². The molecule has 0 aliphatic heterocycles. The molecule has 3 heteroatoms. The van der Waals surface area contributed by atoms with Gasteiger partial charge in [-0.1, -0.05) is 0 Å². The third-order valence-corrected chi connectivity index (χ3v) is 1.82. The number of hydrogen-bond donors (Lipinski definition) is 1. The van der Waals surface area contributed by atoms with Crippen LogP contribution in [0.2, 0.25) is 0 Å². The highest BCUT2D eigenvalue weighted by molar-refractivity contribution is 5.89. The highest BCUT2D eigenvalue weighted by Crippen LogP contribution is 2.31. The van der Waals surface area contributed by atoms with Gasteiger partial charge in [-0.2, -0.15) is 0 Å². The SMILES string of the molecule is COc1c(N)ccc2occc12. The first-order chi connectivity index (χ1) is 5.83. The molecule has 0 aliphatic carbocycles. The largest absolute Gasteiger partial charge is 0.494 e. The molecule has 0 bridgehead atoms. The van der Waals surface area contributed by atoms with Gasteiger partial charge in [0.1, 0.15) is 5.58 Å². The molecule has 0 radical (unpaired) electrons. The van der Waals surface area contributed by atoms with E-state index in [4.69, 9.17) is 14.9 Å². The van der Waals surface area contributed by atoms with E-state index < -0.39 is 0 Å². The number of methoxy groups -OCH3 is 1. The summed E-state index contributed by atoms with van der Waals surface area (Å²) in [4.78, 5) is 0. The van der Waals surface area contributed by atoms with E-state index in [0.717, 1.165) is 11.0 Å². The average molecular weight is 163 g/mol. The van der Waals surface area contributed by atoms with E-state index in [9.17, 15) is 0 Å². The number of fused-ring (bicyclic) bond motifs is 1. The smallest absolute Gasteiger partial charge is 0.152 e. The van der Waals surface area contributed by atoms with Crippen LogP contribution in [0.25, 0.3) is 11.0 Å². The van der Waals surface area contributed by atoms with Crippen LogP contribution in [0.15, 0.2) is 28.9 Å². The molecular formula is C9H9NO2. The fourth-order valence-electron chi connectivity index (χ4n) is 1.26. The van der Waals surface area contributed by atoms with Crippen molar-refractivity contribution in [3.63, 3.8) is 0 Å². The first-order valence-corrected chi connectivity index (χ1v) is 3.62. The van der Waals surface area contributed by atoms with Crippen molar-refractivity contribution < 1.29 is 9.15 Å². The van der Waals surface area contributed by atoms with Crippen molar-refractivity contribution >= 4 is 16.7 Å². The van der Waals surface area contributed by atoms with Gasteiger partial charge in [0.15, 0.2) is 5.75 Å². The fraction of sp³-hybridized carbons (Fsp3) is 0.111. The molecular weight excluding hydrogens is 154 g/mol. The number of ether oxygens (including phenoxy) is 1. The molecule has 0 amide bonds. The maximum Gasteiger partial charge on any atom is 0.152 e. The standard InChI is InChI=1S/C9H9NO2/c1-11-9-6-4-5-12-8(6)3-2-7(9)10/h2-5H,10H2,1H3. The molecule has 1 aromatic carbocycles. The Labute approximate surface area is 69.7 Å². The summed E-state index contributed by atoms with van der Waals surface area (Å²) in [5.74, 6) is 0.682. The first kappa shape index (κ1) is 7.03. The van der Waals surface area contributed by atoms with Gasteiger partial charge in [-0.3, -0.25) is 0 Å². The van der Waals surface area contributed by atoms with Crippen molar-refractivity contribution in [2.75, 3.05) is 12.8 Å². The summed E-state index contributed by atoms with van der Waals surface area (Å²) in [7, 11) is 1.60. The van der Waals surface area contributed by atoms with Gasteiger partial charge >= 0.3 is 0 Å². The van der Waals surface area contributed by atoms with E-state index in [1.165, 1.54) is 0 Å². The lowest BCUT2D eigenvalue weighted by molar-refractivity contribution is 0.421. The molecule has 0 aliphatic rings. The second kappa shape index (κ2) is 2.44. The summed E-state index contributed by atoms with van der Waals surface area (Å²) in [6.45, 7) is 0. The minimum Gasteiger partial charge on any atom is -0.494 e. The summed E-state index contributed by atoms with van der Waals surface area (Å²) < 4.78 is 10.3. The number of benzene rings is 1.